The van der Waals surface area contributed by atoms with Crippen molar-refractivity contribution in [2.75, 3.05) is 6.61 Å². The highest BCUT2D eigenvalue weighted by Gasteiger charge is 2.16. The van der Waals surface area contributed by atoms with Gasteiger partial charge < -0.3 is 9.72 Å². The fourth-order valence-electron chi connectivity index (χ4n) is 2.91. The van der Waals surface area contributed by atoms with E-state index in [0.717, 1.165) is 5.56 Å². The van der Waals surface area contributed by atoms with E-state index in [0.29, 0.717) is 46.8 Å². The molecule has 0 amide bonds. The number of nitriles is 1. The monoisotopic (exact) mass is 427 g/mol. The molecule has 1 atom stereocenters. The van der Waals surface area contributed by atoms with Crippen molar-refractivity contribution >= 4 is 23.2 Å². The molecule has 0 aliphatic rings. The molecule has 0 bridgehead atoms. The third-order valence-corrected chi connectivity index (χ3v) is 5.07. The number of H-pyrrole nitrogens is 1. The summed E-state index contributed by atoms with van der Waals surface area (Å²) in [5.41, 5.74) is 1.43. The highest BCUT2D eigenvalue weighted by atomic mass is 35.5. The van der Waals surface area contributed by atoms with E-state index in [1.165, 1.54) is 0 Å². The van der Waals surface area contributed by atoms with Crippen LogP contribution in [-0.4, -0.2) is 16.6 Å². The van der Waals surface area contributed by atoms with Gasteiger partial charge in [-0.15, -0.1) is 0 Å². The Hall–Kier alpha value is -2.65. The molecule has 3 rings (SSSR count). The second kappa shape index (κ2) is 9.71. The molecular weight excluding hydrogens is 409 g/mol. The summed E-state index contributed by atoms with van der Waals surface area (Å²) in [6.07, 6.45) is 0.504. The number of aromatic amines is 1. The first kappa shape index (κ1) is 21.1. The zero-order valence-electron chi connectivity index (χ0n) is 15.8. The maximum Gasteiger partial charge on any atom is 0.269 e. The first-order chi connectivity index (χ1) is 14.0. The molecule has 1 N–H and O–H groups in total. The zero-order valence-corrected chi connectivity index (χ0v) is 17.3. The van der Waals surface area contributed by atoms with Crippen LogP contribution in [0.15, 0.2) is 53.3 Å². The van der Waals surface area contributed by atoms with Gasteiger partial charge in [-0.05, 0) is 23.6 Å². The van der Waals surface area contributed by atoms with Crippen molar-refractivity contribution in [3.05, 3.63) is 85.9 Å². The SMILES string of the molecule is CC(COCc1ccccc1)Cc1nc(-c2ccc(Cl)c(Cl)c2)c(C#N)c(=O)[nH]1. The first-order valence-corrected chi connectivity index (χ1v) is 9.84. The Morgan fingerprint density at radius 3 is 2.62 bits per heavy atom. The van der Waals surface area contributed by atoms with Gasteiger partial charge >= 0.3 is 0 Å². The topological polar surface area (TPSA) is 78.8 Å². The Labute approximate surface area is 178 Å². The standard InChI is InChI=1S/C22H19Cl2N3O2/c1-14(12-29-13-15-5-3-2-4-6-15)9-20-26-21(17(11-25)22(28)27-20)16-7-8-18(23)19(24)10-16/h2-8,10,14H,9,12-13H2,1H3,(H,26,27,28). The quantitative estimate of drug-likeness (QED) is 0.574. The first-order valence-electron chi connectivity index (χ1n) is 9.08. The smallest absolute Gasteiger partial charge is 0.269 e. The largest absolute Gasteiger partial charge is 0.376 e. The molecule has 7 heteroatoms. The second-order valence-electron chi connectivity index (χ2n) is 6.79. The Morgan fingerprint density at radius 2 is 1.93 bits per heavy atom. The number of benzene rings is 2. The van der Waals surface area contributed by atoms with Crippen LogP contribution >= 0.6 is 23.2 Å². The summed E-state index contributed by atoms with van der Waals surface area (Å²) in [5, 5.41) is 10.1. The van der Waals surface area contributed by atoms with Crippen molar-refractivity contribution in [1.82, 2.24) is 9.97 Å². The molecule has 0 saturated carbocycles. The summed E-state index contributed by atoms with van der Waals surface area (Å²) in [6, 6.07) is 16.7. The minimum atomic E-state index is -0.476. The van der Waals surface area contributed by atoms with Gasteiger partial charge in [0.1, 0.15) is 17.5 Å². The number of nitrogens with zero attached hydrogens (tertiary/aromatic N) is 2. The van der Waals surface area contributed by atoms with Gasteiger partial charge in [0.25, 0.3) is 5.56 Å². The van der Waals surface area contributed by atoms with Crippen LogP contribution in [-0.2, 0) is 17.8 Å². The number of hydrogen-bond donors (Lipinski definition) is 1. The minimum Gasteiger partial charge on any atom is -0.376 e. The Bertz CT molecular complexity index is 1090. The van der Waals surface area contributed by atoms with Crippen molar-refractivity contribution in [1.29, 1.82) is 5.26 Å². The van der Waals surface area contributed by atoms with Gasteiger partial charge in [-0.3, -0.25) is 4.79 Å². The van der Waals surface area contributed by atoms with Gasteiger partial charge in [0.2, 0.25) is 0 Å². The second-order valence-corrected chi connectivity index (χ2v) is 7.60. The lowest BCUT2D eigenvalue weighted by Crippen LogP contribution is -2.19. The predicted molar refractivity (Wildman–Crippen MR) is 114 cm³/mol. The highest BCUT2D eigenvalue weighted by Crippen LogP contribution is 2.28. The van der Waals surface area contributed by atoms with Crippen molar-refractivity contribution in [2.24, 2.45) is 5.92 Å². The number of nitrogens with one attached hydrogen (secondary N) is 1. The molecule has 5 nitrogen and oxygen atoms in total. The van der Waals surface area contributed by atoms with Crippen LogP contribution in [0.25, 0.3) is 11.3 Å². The fourth-order valence-corrected chi connectivity index (χ4v) is 3.21. The average molecular weight is 428 g/mol. The van der Waals surface area contributed by atoms with Crippen LogP contribution in [0, 0.1) is 17.2 Å². The van der Waals surface area contributed by atoms with Crippen LogP contribution in [0.5, 0.6) is 0 Å². The molecule has 0 radical (unpaired) electrons. The van der Waals surface area contributed by atoms with Crippen LogP contribution in [0.2, 0.25) is 10.0 Å². The number of ether oxygens (including phenoxy) is 1. The molecule has 0 aliphatic carbocycles. The third-order valence-electron chi connectivity index (χ3n) is 4.33. The van der Waals surface area contributed by atoms with Gasteiger partial charge in [-0.25, -0.2) is 4.98 Å². The maximum absolute atomic E-state index is 12.4. The lowest BCUT2D eigenvalue weighted by Gasteiger charge is -2.13. The molecule has 1 unspecified atom stereocenters. The normalized spacial score (nSPS) is 11.8. The van der Waals surface area contributed by atoms with Gasteiger partial charge in [0.05, 0.1) is 29.0 Å². The van der Waals surface area contributed by atoms with E-state index >= 15 is 0 Å². The van der Waals surface area contributed by atoms with Gasteiger partial charge in [-0.2, -0.15) is 5.26 Å². The molecule has 2 aromatic carbocycles. The average Bonchev–Trinajstić information content (AvgIpc) is 2.70. The fraction of sp³-hybridized carbons (Fsp3) is 0.227. The van der Waals surface area contributed by atoms with Gasteiger partial charge in [0.15, 0.2) is 0 Å². The number of rotatable bonds is 7. The number of hydrogen-bond acceptors (Lipinski definition) is 4. The molecule has 3 aromatic rings. The van der Waals surface area contributed by atoms with Crippen molar-refractivity contribution in [2.45, 2.75) is 20.0 Å². The lowest BCUT2D eigenvalue weighted by molar-refractivity contribution is 0.0916. The predicted octanol–water partition coefficient (Wildman–Crippen LogP) is 5.01. The van der Waals surface area contributed by atoms with Crippen LogP contribution in [0.3, 0.4) is 0 Å². The summed E-state index contributed by atoms with van der Waals surface area (Å²) in [7, 11) is 0. The van der Waals surface area contributed by atoms with Gasteiger partial charge in [-0.1, -0.05) is 66.5 Å². The summed E-state index contributed by atoms with van der Waals surface area (Å²) < 4.78 is 5.77. The van der Waals surface area contributed by atoms with Crippen molar-refractivity contribution in [3.8, 4) is 17.3 Å². The highest BCUT2D eigenvalue weighted by molar-refractivity contribution is 6.42. The molecular formula is C22H19Cl2N3O2. The van der Waals surface area contributed by atoms with E-state index in [-0.39, 0.29) is 11.5 Å². The summed E-state index contributed by atoms with van der Waals surface area (Å²) >= 11 is 12.1. The Morgan fingerprint density at radius 1 is 1.17 bits per heavy atom. The van der Waals surface area contributed by atoms with E-state index in [2.05, 4.69) is 9.97 Å². The van der Waals surface area contributed by atoms with E-state index in [4.69, 9.17) is 27.9 Å². The van der Waals surface area contributed by atoms with E-state index in [1.54, 1.807) is 18.2 Å². The summed E-state index contributed by atoms with van der Waals surface area (Å²) in [5.74, 6) is 0.613. The molecule has 0 aliphatic heterocycles. The van der Waals surface area contributed by atoms with Crippen molar-refractivity contribution < 1.29 is 4.74 Å². The molecule has 148 valence electrons. The Balaban J connectivity index is 1.76. The summed E-state index contributed by atoms with van der Waals surface area (Å²) in [4.78, 5) is 19.6. The van der Waals surface area contributed by atoms with Crippen LogP contribution < -0.4 is 5.56 Å². The van der Waals surface area contributed by atoms with E-state index in [9.17, 15) is 10.1 Å². The zero-order chi connectivity index (χ0) is 20.8. The van der Waals surface area contributed by atoms with Crippen LogP contribution in [0.4, 0.5) is 0 Å². The molecule has 29 heavy (non-hydrogen) atoms. The van der Waals surface area contributed by atoms with Crippen LogP contribution in [0.1, 0.15) is 23.9 Å². The maximum atomic E-state index is 12.4. The molecule has 0 spiro atoms. The van der Waals surface area contributed by atoms with Crippen molar-refractivity contribution in [3.63, 3.8) is 0 Å². The third kappa shape index (κ3) is 5.45. The van der Waals surface area contributed by atoms with E-state index < -0.39 is 5.56 Å². The van der Waals surface area contributed by atoms with E-state index in [1.807, 2.05) is 43.3 Å². The van der Waals surface area contributed by atoms with Gasteiger partial charge in [0, 0.05) is 12.0 Å². The molecule has 1 heterocycles. The molecule has 1 aromatic heterocycles. The number of aromatic nitrogens is 2. The minimum absolute atomic E-state index is 0.0554. The Kier molecular flexibility index (Phi) is 7.05. The number of halogens is 2. The molecule has 0 saturated heterocycles. The lowest BCUT2D eigenvalue weighted by atomic mass is 10.1. The summed E-state index contributed by atoms with van der Waals surface area (Å²) in [6.45, 7) is 3.06. The molecule has 0 fully saturated rings.